The fraction of sp³-hybridized carbons (Fsp3) is 0.389. The van der Waals surface area contributed by atoms with E-state index in [1.165, 1.54) is 51.4 Å². The van der Waals surface area contributed by atoms with Gasteiger partial charge in [-0.3, -0.25) is 9.98 Å². The maximum atomic E-state index is 6.42. The van der Waals surface area contributed by atoms with E-state index in [9.17, 15) is 0 Å². The molecule has 0 unspecified atom stereocenters. The zero-order valence-corrected chi connectivity index (χ0v) is 24.9. The van der Waals surface area contributed by atoms with Crippen LogP contribution in [0.4, 0.5) is 11.4 Å². The second kappa shape index (κ2) is 18.3. The highest BCUT2D eigenvalue weighted by Crippen LogP contribution is 2.30. The number of nitrogens with zero attached hydrogens (tertiary/aromatic N) is 2. The molecule has 41 heavy (non-hydrogen) atoms. The van der Waals surface area contributed by atoms with Crippen molar-refractivity contribution < 1.29 is 14.2 Å². The Balaban J connectivity index is 1.78. The van der Waals surface area contributed by atoms with E-state index >= 15 is 0 Å². The quantitative estimate of drug-likeness (QED) is 0.0897. The van der Waals surface area contributed by atoms with Crippen LogP contribution in [0.15, 0.2) is 70.6 Å². The molecule has 0 bridgehead atoms. The van der Waals surface area contributed by atoms with Gasteiger partial charge in [-0.1, -0.05) is 94.9 Å². The van der Waals surface area contributed by atoms with Gasteiger partial charge in [0.1, 0.15) is 28.6 Å². The molecule has 3 aromatic rings. The molecule has 0 aromatic heterocycles. The van der Waals surface area contributed by atoms with Crippen molar-refractivity contribution in [1.82, 2.24) is 0 Å². The molecule has 0 aliphatic rings. The zero-order valence-electron chi connectivity index (χ0n) is 24.9. The minimum absolute atomic E-state index is 0.608. The lowest BCUT2D eigenvalue weighted by atomic mass is 10.0. The number of hydrogen-bond donors (Lipinski definition) is 0. The standard InChI is InChI=1S/C36H44N2O3/c1-5-7-8-9-10-11-12-13-14-19-24-41-36-30(27-37-32-20-15-17-22-34(32)39-3)25-29(6-2)26-31(36)28-38-33-21-16-18-23-35(33)40-4/h2,15-18,20-23,25-28H,5,7-14,19,24H2,1,3-4H3. The second-order valence-corrected chi connectivity index (χ2v) is 10.0. The summed E-state index contributed by atoms with van der Waals surface area (Å²) in [5, 5.41) is 0. The summed E-state index contributed by atoms with van der Waals surface area (Å²) >= 11 is 0. The Morgan fingerprint density at radius 2 is 1.15 bits per heavy atom. The van der Waals surface area contributed by atoms with Crippen LogP contribution in [-0.4, -0.2) is 33.3 Å². The number of hydrogen-bond acceptors (Lipinski definition) is 5. The van der Waals surface area contributed by atoms with E-state index in [1.807, 2.05) is 60.7 Å². The number of methoxy groups -OCH3 is 2. The van der Waals surface area contributed by atoms with Crippen LogP contribution in [0.25, 0.3) is 0 Å². The molecular weight excluding hydrogens is 508 g/mol. The van der Waals surface area contributed by atoms with Crippen molar-refractivity contribution >= 4 is 23.8 Å². The van der Waals surface area contributed by atoms with E-state index in [-0.39, 0.29) is 0 Å². The Labute approximate surface area is 246 Å². The van der Waals surface area contributed by atoms with Crippen LogP contribution >= 0.6 is 0 Å². The average molecular weight is 553 g/mol. The van der Waals surface area contributed by atoms with Crippen LogP contribution in [-0.2, 0) is 0 Å². The van der Waals surface area contributed by atoms with Crippen molar-refractivity contribution in [3.63, 3.8) is 0 Å². The van der Waals surface area contributed by atoms with Gasteiger partial charge in [-0.25, -0.2) is 0 Å². The van der Waals surface area contributed by atoms with Gasteiger partial charge in [0.25, 0.3) is 0 Å². The Bertz CT molecular complexity index is 1230. The van der Waals surface area contributed by atoms with Gasteiger partial charge in [0.2, 0.25) is 0 Å². The summed E-state index contributed by atoms with van der Waals surface area (Å²) in [6.45, 7) is 2.87. The molecule has 3 rings (SSSR count). The number of benzene rings is 3. The van der Waals surface area contributed by atoms with Crippen molar-refractivity contribution in [2.24, 2.45) is 9.98 Å². The molecule has 0 saturated carbocycles. The van der Waals surface area contributed by atoms with Gasteiger partial charge in [0.15, 0.2) is 0 Å². The predicted octanol–water partition coefficient (Wildman–Crippen LogP) is 9.49. The fourth-order valence-electron chi connectivity index (χ4n) is 4.63. The van der Waals surface area contributed by atoms with Gasteiger partial charge in [0, 0.05) is 29.1 Å². The fourth-order valence-corrected chi connectivity index (χ4v) is 4.63. The highest BCUT2D eigenvalue weighted by molar-refractivity contribution is 5.95. The molecular formula is C36H44N2O3. The van der Waals surface area contributed by atoms with Crippen LogP contribution in [0.5, 0.6) is 17.2 Å². The van der Waals surface area contributed by atoms with Crippen LogP contribution < -0.4 is 14.2 Å². The highest BCUT2D eigenvalue weighted by Gasteiger charge is 2.12. The normalized spacial score (nSPS) is 11.2. The minimum atomic E-state index is 0.608. The number of unbranched alkanes of at least 4 members (excludes halogenated alkanes) is 9. The van der Waals surface area contributed by atoms with Crippen LogP contribution in [0.2, 0.25) is 0 Å². The summed E-state index contributed by atoms with van der Waals surface area (Å²) in [7, 11) is 3.28. The van der Waals surface area contributed by atoms with E-state index in [0.717, 1.165) is 40.9 Å². The van der Waals surface area contributed by atoms with Crippen LogP contribution in [0.3, 0.4) is 0 Å². The lowest BCUT2D eigenvalue weighted by molar-refractivity contribution is 0.303. The Morgan fingerprint density at radius 3 is 1.61 bits per heavy atom. The Hall–Kier alpha value is -4.04. The summed E-state index contributed by atoms with van der Waals surface area (Å²) in [6, 6.07) is 19.2. The summed E-state index contributed by atoms with van der Waals surface area (Å²) in [4.78, 5) is 9.42. The van der Waals surface area contributed by atoms with Gasteiger partial charge >= 0.3 is 0 Å². The monoisotopic (exact) mass is 552 g/mol. The van der Waals surface area contributed by atoms with Crippen molar-refractivity contribution in [2.75, 3.05) is 20.8 Å². The predicted molar refractivity (Wildman–Crippen MR) is 172 cm³/mol. The number of ether oxygens (including phenoxy) is 3. The maximum Gasteiger partial charge on any atom is 0.144 e. The molecule has 0 N–H and O–H groups in total. The molecule has 0 fully saturated rings. The van der Waals surface area contributed by atoms with Crippen LogP contribution in [0.1, 0.15) is 87.8 Å². The first-order chi connectivity index (χ1) is 20.2. The summed E-state index contributed by atoms with van der Waals surface area (Å²) in [5.74, 6) is 4.86. The summed E-state index contributed by atoms with van der Waals surface area (Å²) < 4.78 is 17.4. The third kappa shape index (κ3) is 10.5. The van der Waals surface area contributed by atoms with Gasteiger partial charge < -0.3 is 14.2 Å². The number of para-hydroxylation sites is 4. The average Bonchev–Trinajstić information content (AvgIpc) is 3.02. The van der Waals surface area contributed by atoms with E-state index in [1.54, 1.807) is 26.6 Å². The number of rotatable bonds is 18. The molecule has 0 atom stereocenters. The largest absolute Gasteiger partial charge is 0.494 e. The minimum Gasteiger partial charge on any atom is -0.494 e. The van der Waals surface area contributed by atoms with Gasteiger partial charge in [-0.15, -0.1) is 6.42 Å². The molecule has 0 heterocycles. The third-order valence-electron chi connectivity index (χ3n) is 6.91. The van der Waals surface area contributed by atoms with Crippen molar-refractivity contribution in [2.45, 2.75) is 71.1 Å². The van der Waals surface area contributed by atoms with Gasteiger partial charge in [-0.2, -0.15) is 0 Å². The molecule has 0 aliphatic heterocycles. The zero-order chi connectivity index (χ0) is 29.1. The number of terminal acetylenes is 1. The molecule has 5 heteroatoms. The first kappa shape index (κ1) is 31.5. The molecule has 3 aromatic carbocycles. The topological polar surface area (TPSA) is 52.4 Å². The molecule has 0 amide bonds. The lowest BCUT2D eigenvalue weighted by Gasteiger charge is -2.14. The van der Waals surface area contributed by atoms with E-state index < -0.39 is 0 Å². The van der Waals surface area contributed by atoms with Crippen molar-refractivity contribution in [1.29, 1.82) is 0 Å². The molecule has 216 valence electrons. The first-order valence-electron chi connectivity index (χ1n) is 14.8. The Morgan fingerprint density at radius 1 is 0.683 bits per heavy atom. The molecule has 0 radical (unpaired) electrons. The van der Waals surface area contributed by atoms with E-state index in [4.69, 9.17) is 30.6 Å². The lowest BCUT2D eigenvalue weighted by Crippen LogP contribution is -2.04. The van der Waals surface area contributed by atoms with Crippen molar-refractivity contribution in [3.8, 4) is 29.6 Å². The summed E-state index contributed by atoms with van der Waals surface area (Å²) in [5.41, 5.74) is 3.76. The SMILES string of the molecule is C#Cc1cc(C=Nc2ccccc2OC)c(OCCCCCCCCCCCC)c(C=Nc2ccccc2OC)c1. The first-order valence-corrected chi connectivity index (χ1v) is 14.8. The maximum absolute atomic E-state index is 6.42. The summed E-state index contributed by atoms with van der Waals surface area (Å²) in [6.07, 6.45) is 22.1. The second-order valence-electron chi connectivity index (χ2n) is 10.0. The van der Waals surface area contributed by atoms with E-state index in [0.29, 0.717) is 23.9 Å². The van der Waals surface area contributed by atoms with Crippen LogP contribution in [0, 0.1) is 12.3 Å². The molecule has 0 aliphatic carbocycles. The van der Waals surface area contributed by atoms with Crippen molar-refractivity contribution in [3.05, 3.63) is 77.4 Å². The molecule has 5 nitrogen and oxygen atoms in total. The molecule has 0 saturated heterocycles. The third-order valence-corrected chi connectivity index (χ3v) is 6.91. The van der Waals surface area contributed by atoms with Gasteiger partial charge in [-0.05, 0) is 42.8 Å². The smallest absolute Gasteiger partial charge is 0.144 e. The van der Waals surface area contributed by atoms with Gasteiger partial charge in [0.05, 0.1) is 20.8 Å². The highest BCUT2D eigenvalue weighted by atomic mass is 16.5. The Kier molecular flexibility index (Phi) is 14.1. The number of aliphatic imine (C=N–C) groups is 2. The van der Waals surface area contributed by atoms with E-state index in [2.05, 4.69) is 12.8 Å². The molecule has 0 spiro atoms.